The molecule has 20 heavy (non-hydrogen) atoms. The van der Waals surface area contributed by atoms with Crippen LogP contribution in [0.25, 0.3) is 0 Å². The molecular formula is C14H16INO4. The number of hydrogen-bond acceptors (Lipinski definition) is 5. The Bertz CT molecular complexity index is 528. The maximum absolute atomic E-state index is 11.2. The molecule has 0 aliphatic carbocycles. The van der Waals surface area contributed by atoms with Gasteiger partial charge in [0, 0.05) is 9.26 Å². The molecule has 0 amide bonds. The zero-order chi connectivity index (χ0) is 14.7. The zero-order valence-electron chi connectivity index (χ0n) is 11.4. The molecule has 1 aliphatic rings. The quantitative estimate of drug-likeness (QED) is 0.487. The van der Waals surface area contributed by atoms with Crippen LogP contribution in [-0.2, 0) is 31.9 Å². The summed E-state index contributed by atoms with van der Waals surface area (Å²) in [4.78, 5) is 22.5. The lowest BCUT2D eigenvalue weighted by Crippen LogP contribution is -2.38. The van der Waals surface area contributed by atoms with Gasteiger partial charge in [0.25, 0.3) is 0 Å². The van der Waals surface area contributed by atoms with Crippen LogP contribution in [0.3, 0.4) is 0 Å². The molecule has 0 aromatic heterocycles. The van der Waals surface area contributed by atoms with Crippen LogP contribution in [0.1, 0.15) is 31.4 Å². The van der Waals surface area contributed by atoms with E-state index in [1.807, 2.05) is 12.1 Å². The van der Waals surface area contributed by atoms with Crippen molar-refractivity contribution >= 4 is 40.2 Å². The molecule has 108 valence electrons. The summed E-state index contributed by atoms with van der Waals surface area (Å²) < 4.78 is 11.1. The number of halogens is 1. The lowest BCUT2D eigenvalue weighted by atomic mass is 10.0. The highest BCUT2D eigenvalue weighted by Gasteiger charge is 2.28. The van der Waals surface area contributed by atoms with Gasteiger partial charge in [-0.2, -0.15) is 0 Å². The van der Waals surface area contributed by atoms with Crippen molar-refractivity contribution in [2.75, 3.05) is 5.32 Å². The highest BCUT2D eigenvalue weighted by atomic mass is 127. The van der Waals surface area contributed by atoms with Gasteiger partial charge in [0.2, 0.25) is 0 Å². The number of hydrogen-bond donors (Lipinski definition) is 1. The summed E-state index contributed by atoms with van der Waals surface area (Å²) in [5.74, 6) is -1.14. The SMILES string of the molecule is CCc1c(I)ccc(NC2OC(=O)CC(=O)O2)c1CC. The molecule has 0 spiro atoms. The molecule has 0 bridgehead atoms. The van der Waals surface area contributed by atoms with Crippen molar-refractivity contribution in [1.82, 2.24) is 0 Å². The van der Waals surface area contributed by atoms with Gasteiger partial charge in [-0.25, -0.2) is 0 Å². The molecule has 1 fully saturated rings. The Morgan fingerprint density at radius 1 is 1.15 bits per heavy atom. The number of esters is 2. The molecule has 0 saturated carbocycles. The van der Waals surface area contributed by atoms with E-state index in [4.69, 9.17) is 9.47 Å². The van der Waals surface area contributed by atoms with E-state index in [0.29, 0.717) is 0 Å². The lowest BCUT2D eigenvalue weighted by molar-refractivity contribution is -0.197. The van der Waals surface area contributed by atoms with Crippen LogP contribution in [0.15, 0.2) is 12.1 Å². The Hall–Kier alpha value is -1.31. The number of carbonyl (C=O) groups excluding carboxylic acids is 2. The van der Waals surface area contributed by atoms with Gasteiger partial charge in [-0.3, -0.25) is 9.59 Å². The van der Waals surface area contributed by atoms with Crippen LogP contribution in [-0.4, -0.2) is 18.4 Å². The van der Waals surface area contributed by atoms with Crippen molar-refractivity contribution in [3.63, 3.8) is 0 Å². The van der Waals surface area contributed by atoms with Crippen LogP contribution in [0.4, 0.5) is 5.69 Å². The number of nitrogens with one attached hydrogen (secondary N) is 1. The summed E-state index contributed by atoms with van der Waals surface area (Å²) in [5, 5.41) is 2.97. The van der Waals surface area contributed by atoms with E-state index < -0.39 is 18.4 Å². The number of anilines is 1. The fraction of sp³-hybridized carbons (Fsp3) is 0.429. The van der Waals surface area contributed by atoms with E-state index in [1.54, 1.807) is 0 Å². The molecule has 2 rings (SSSR count). The molecule has 0 unspecified atom stereocenters. The van der Waals surface area contributed by atoms with Crippen LogP contribution in [0.5, 0.6) is 0 Å². The molecule has 0 atom stereocenters. The summed E-state index contributed by atoms with van der Waals surface area (Å²) >= 11 is 2.30. The smallest absolute Gasteiger partial charge is 0.329 e. The van der Waals surface area contributed by atoms with Crippen molar-refractivity contribution in [2.24, 2.45) is 0 Å². The third kappa shape index (κ3) is 3.23. The first kappa shape index (κ1) is 15.1. The molecule has 6 heteroatoms. The van der Waals surface area contributed by atoms with Crippen molar-refractivity contribution < 1.29 is 19.1 Å². The first-order valence-electron chi connectivity index (χ1n) is 6.50. The van der Waals surface area contributed by atoms with E-state index in [1.165, 1.54) is 9.13 Å². The van der Waals surface area contributed by atoms with E-state index in [-0.39, 0.29) is 6.42 Å². The molecule has 1 N–H and O–H groups in total. The first-order valence-corrected chi connectivity index (χ1v) is 7.58. The van der Waals surface area contributed by atoms with Gasteiger partial charge in [0.15, 0.2) is 0 Å². The van der Waals surface area contributed by atoms with Gasteiger partial charge < -0.3 is 14.8 Å². The molecule has 1 aliphatic heterocycles. The highest BCUT2D eigenvalue weighted by molar-refractivity contribution is 14.1. The van der Waals surface area contributed by atoms with E-state index >= 15 is 0 Å². The van der Waals surface area contributed by atoms with Gasteiger partial charge in [0.05, 0.1) is 0 Å². The number of benzene rings is 1. The van der Waals surface area contributed by atoms with Gasteiger partial charge in [-0.05, 0) is 58.7 Å². The predicted octanol–water partition coefficient (Wildman–Crippen LogP) is 2.60. The van der Waals surface area contributed by atoms with Gasteiger partial charge in [-0.1, -0.05) is 13.8 Å². The van der Waals surface area contributed by atoms with Crippen molar-refractivity contribution in [3.8, 4) is 0 Å². The van der Waals surface area contributed by atoms with Crippen LogP contribution < -0.4 is 5.32 Å². The monoisotopic (exact) mass is 389 g/mol. The van der Waals surface area contributed by atoms with E-state index in [9.17, 15) is 9.59 Å². The Morgan fingerprint density at radius 2 is 1.75 bits per heavy atom. The summed E-state index contributed by atoms with van der Waals surface area (Å²) in [6.07, 6.45) is 0.392. The minimum Gasteiger partial charge on any atom is -0.406 e. The fourth-order valence-electron chi connectivity index (χ4n) is 2.24. The topological polar surface area (TPSA) is 64.6 Å². The molecule has 1 saturated heterocycles. The van der Waals surface area contributed by atoms with Crippen molar-refractivity contribution in [2.45, 2.75) is 39.5 Å². The number of cyclic esters (lactones) is 2. The lowest BCUT2D eigenvalue weighted by Gasteiger charge is -2.25. The summed E-state index contributed by atoms with van der Waals surface area (Å²) in [5.41, 5.74) is 3.24. The second kappa shape index (κ2) is 6.43. The highest BCUT2D eigenvalue weighted by Crippen LogP contribution is 2.27. The molecule has 0 radical (unpaired) electrons. The molecular weight excluding hydrogens is 373 g/mol. The van der Waals surface area contributed by atoms with Crippen molar-refractivity contribution in [1.29, 1.82) is 0 Å². The normalized spacial score (nSPS) is 15.8. The van der Waals surface area contributed by atoms with Crippen LogP contribution >= 0.6 is 22.6 Å². The predicted molar refractivity (Wildman–Crippen MR) is 82.1 cm³/mol. The zero-order valence-corrected chi connectivity index (χ0v) is 13.5. The van der Waals surface area contributed by atoms with Crippen LogP contribution in [0, 0.1) is 3.57 Å². The standard InChI is InChI=1S/C14H16INO4/c1-3-8-9(4-2)11(6-5-10(8)15)16-14-19-12(17)7-13(18)20-14/h5-6,14,16H,3-4,7H2,1-2H3. The summed E-state index contributed by atoms with van der Waals surface area (Å²) in [6.45, 7) is 4.16. The third-order valence-electron chi connectivity index (χ3n) is 3.12. The third-order valence-corrected chi connectivity index (χ3v) is 4.13. The average molecular weight is 389 g/mol. The fourth-order valence-corrected chi connectivity index (χ4v) is 3.12. The summed E-state index contributed by atoms with van der Waals surface area (Å²) in [7, 11) is 0. The Kier molecular flexibility index (Phi) is 4.85. The van der Waals surface area contributed by atoms with Gasteiger partial charge >= 0.3 is 18.4 Å². The Labute approximate surface area is 131 Å². The summed E-state index contributed by atoms with van der Waals surface area (Å²) in [6, 6.07) is 3.91. The minimum atomic E-state index is -1.04. The van der Waals surface area contributed by atoms with E-state index in [0.717, 1.165) is 24.1 Å². The molecule has 1 aromatic carbocycles. The molecule has 1 heterocycles. The first-order chi connectivity index (χ1) is 9.55. The maximum Gasteiger partial charge on any atom is 0.329 e. The number of ether oxygens (including phenoxy) is 2. The number of carbonyl (C=O) groups is 2. The van der Waals surface area contributed by atoms with E-state index in [2.05, 4.69) is 41.8 Å². The minimum absolute atomic E-state index is 0.328. The molecule has 1 aromatic rings. The second-order valence-electron chi connectivity index (χ2n) is 4.39. The van der Waals surface area contributed by atoms with Crippen LogP contribution in [0.2, 0.25) is 0 Å². The average Bonchev–Trinajstić information content (AvgIpc) is 2.39. The Balaban J connectivity index is 2.25. The van der Waals surface area contributed by atoms with Gasteiger partial charge in [-0.15, -0.1) is 0 Å². The maximum atomic E-state index is 11.2. The Morgan fingerprint density at radius 3 is 2.30 bits per heavy atom. The van der Waals surface area contributed by atoms with Crippen molar-refractivity contribution in [3.05, 3.63) is 26.8 Å². The number of rotatable bonds is 4. The molecule has 5 nitrogen and oxygen atoms in total. The largest absolute Gasteiger partial charge is 0.406 e. The second-order valence-corrected chi connectivity index (χ2v) is 5.55. The van der Waals surface area contributed by atoms with Gasteiger partial charge in [0.1, 0.15) is 6.42 Å².